The van der Waals surface area contributed by atoms with Crippen molar-refractivity contribution in [1.82, 2.24) is 5.32 Å². The number of amides is 1. The Hall–Kier alpha value is -4.50. The number of nitrogens with zero attached hydrogens (tertiary/aromatic N) is 1. The third-order valence-electron chi connectivity index (χ3n) is 5.77. The van der Waals surface area contributed by atoms with Crippen molar-refractivity contribution >= 4 is 29.4 Å². The van der Waals surface area contributed by atoms with Crippen LogP contribution < -0.4 is 20.7 Å². The number of carbonyl (C=O) groups excluding carboxylic acids is 1. The van der Waals surface area contributed by atoms with Crippen LogP contribution in [0.3, 0.4) is 0 Å². The lowest BCUT2D eigenvalue weighted by atomic mass is 10.0. The first-order valence-corrected chi connectivity index (χ1v) is 13.1. The van der Waals surface area contributed by atoms with Crippen molar-refractivity contribution in [2.45, 2.75) is 51.5 Å². The summed E-state index contributed by atoms with van der Waals surface area (Å²) < 4.78 is 69.4. The second-order valence-corrected chi connectivity index (χ2v) is 9.90. The number of ether oxygens (including phenoxy) is 1. The molecule has 1 heterocycles. The molecule has 1 saturated heterocycles. The van der Waals surface area contributed by atoms with E-state index in [0.717, 1.165) is 19.5 Å². The van der Waals surface area contributed by atoms with E-state index in [-0.39, 0.29) is 17.8 Å². The van der Waals surface area contributed by atoms with Crippen LogP contribution in [0.4, 0.5) is 32.0 Å². The summed E-state index contributed by atoms with van der Waals surface area (Å²) in [6.45, 7) is 6.78. The summed E-state index contributed by atoms with van der Waals surface area (Å²) >= 11 is 0. The molecule has 2 aromatic rings. The van der Waals surface area contributed by atoms with E-state index in [2.05, 4.69) is 24.1 Å². The highest BCUT2D eigenvalue weighted by molar-refractivity contribution is 5.95. The van der Waals surface area contributed by atoms with E-state index in [1.54, 1.807) is 12.1 Å². The molecule has 1 aliphatic heterocycles. The Balaban J connectivity index is 0.000000574. The Labute approximate surface area is 249 Å². The molecule has 0 spiro atoms. The normalized spacial score (nSPS) is 13.5. The number of carbonyl (C=O) groups is 3. The number of hydrogen-bond donors (Lipinski definition) is 5. The quantitative estimate of drug-likeness (QED) is 0.145. The van der Waals surface area contributed by atoms with Gasteiger partial charge >= 0.3 is 24.3 Å². The third-order valence-corrected chi connectivity index (χ3v) is 5.77. The molecule has 0 saturated carbocycles. The molecule has 0 radical (unpaired) electrons. The summed E-state index contributed by atoms with van der Waals surface area (Å²) in [7, 11) is 0. The summed E-state index contributed by atoms with van der Waals surface area (Å²) in [6.07, 6.45) is -6.90. The standard InChI is InChI=1S/C24H32N4O2.2C2HF3O2/c1-17(2)14-20(16-30-22-7-5-6-19(15-22)23(25)26)27-24(29)18-8-10-21(11-9-18)28-12-3-4-13-28;2*3-2(4,5)1(6)7/h5-11,15,17,20H,3-4,12-14,16H2,1-2H3,(H3,25,26)(H,27,29);2*(H,6,7)/t20-;;/m1../s1. The van der Waals surface area contributed by atoms with Crippen molar-refractivity contribution in [2.24, 2.45) is 11.7 Å². The van der Waals surface area contributed by atoms with Crippen molar-refractivity contribution < 1.29 is 55.7 Å². The molecule has 2 aromatic carbocycles. The second kappa shape index (κ2) is 17.0. The van der Waals surface area contributed by atoms with Crippen LogP contribution in [0.25, 0.3) is 0 Å². The minimum atomic E-state index is -5.08. The Morgan fingerprint density at radius 3 is 1.86 bits per heavy atom. The summed E-state index contributed by atoms with van der Waals surface area (Å²) in [5.74, 6) is -4.54. The molecule has 1 amide bonds. The van der Waals surface area contributed by atoms with Crippen molar-refractivity contribution in [3.8, 4) is 5.75 Å². The van der Waals surface area contributed by atoms with Gasteiger partial charge in [0.05, 0.1) is 6.04 Å². The molecule has 1 atom stereocenters. The summed E-state index contributed by atoms with van der Waals surface area (Å²) in [4.78, 5) is 32.9. The number of alkyl halides is 6. The first kappa shape index (κ1) is 37.5. The van der Waals surface area contributed by atoms with Gasteiger partial charge in [-0.15, -0.1) is 0 Å². The monoisotopic (exact) mass is 636 g/mol. The van der Waals surface area contributed by atoms with Crippen molar-refractivity contribution in [3.63, 3.8) is 0 Å². The van der Waals surface area contributed by atoms with Crippen LogP contribution in [0.5, 0.6) is 5.75 Å². The molecule has 1 fully saturated rings. The van der Waals surface area contributed by atoms with Crippen LogP contribution in [0, 0.1) is 11.3 Å². The fourth-order valence-electron chi connectivity index (χ4n) is 3.76. The van der Waals surface area contributed by atoms with Crippen molar-refractivity contribution in [1.29, 1.82) is 5.41 Å². The van der Waals surface area contributed by atoms with Gasteiger partial charge < -0.3 is 30.9 Å². The lowest BCUT2D eigenvalue weighted by molar-refractivity contribution is -0.193. The molecular weight excluding hydrogens is 602 g/mol. The van der Waals surface area contributed by atoms with E-state index in [0.29, 0.717) is 29.4 Å². The number of nitrogen functional groups attached to an aromatic ring is 1. The van der Waals surface area contributed by atoms with Crippen LogP contribution in [0.15, 0.2) is 48.5 Å². The first-order valence-electron chi connectivity index (χ1n) is 13.1. The lowest BCUT2D eigenvalue weighted by Crippen LogP contribution is -2.40. The lowest BCUT2D eigenvalue weighted by Gasteiger charge is -2.22. The predicted molar refractivity (Wildman–Crippen MR) is 149 cm³/mol. The number of anilines is 1. The highest BCUT2D eigenvalue weighted by Crippen LogP contribution is 2.21. The van der Waals surface area contributed by atoms with Gasteiger partial charge in [-0.05, 0) is 61.6 Å². The summed E-state index contributed by atoms with van der Waals surface area (Å²) in [6, 6.07) is 14.9. The number of carboxylic acids is 2. The number of nitrogens with one attached hydrogen (secondary N) is 2. The maximum atomic E-state index is 12.8. The largest absolute Gasteiger partial charge is 0.491 e. The van der Waals surface area contributed by atoms with Gasteiger partial charge in [0, 0.05) is 29.9 Å². The average Bonchev–Trinajstić information content (AvgIpc) is 3.46. The smallest absolute Gasteiger partial charge is 0.490 e. The van der Waals surface area contributed by atoms with Gasteiger partial charge in [0.25, 0.3) is 5.91 Å². The van der Waals surface area contributed by atoms with Crippen LogP contribution in [0.2, 0.25) is 0 Å². The topological polar surface area (TPSA) is 166 Å². The number of hydrogen-bond acceptors (Lipinski definition) is 6. The number of nitrogens with two attached hydrogens (primary N) is 1. The highest BCUT2D eigenvalue weighted by atomic mass is 19.4. The molecule has 0 unspecified atom stereocenters. The zero-order valence-corrected chi connectivity index (χ0v) is 23.8. The maximum absolute atomic E-state index is 12.8. The van der Waals surface area contributed by atoms with Gasteiger partial charge in [0.1, 0.15) is 18.2 Å². The Morgan fingerprint density at radius 2 is 1.43 bits per heavy atom. The first-order chi connectivity index (χ1) is 20.3. The van der Waals surface area contributed by atoms with Gasteiger partial charge in [-0.2, -0.15) is 26.3 Å². The second-order valence-electron chi connectivity index (χ2n) is 9.90. The fourth-order valence-corrected chi connectivity index (χ4v) is 3.76. The van der Waals surface area contributed by atoms with Gasteiger partial charge in [0.2, 0.25) is 0 Å². The molecule has 0 aromatic heterocycles. The fraction of sp³-hybridized carbons (Fsp3) is 0.429. The van der Waals surface area contributed by atoms with E-state index < -0.39 is 24.3 Å². The zero-order chi connectivity index (χ0) is 33.7. The van der Waals surface area contributed by atoms with E-state index in [1.807, 2.05) is 36.4 Å². The van der Waals surface area contributed by atoms with E-state index in [4.69, 9.17) is 35.7 Å². The number of halogens is 6. The molecule has 244 valence electrons. The number of amidine groups is 1. The number of benzene rings is 2. The SMILES string of the molecule is CC(C)C[C@H](COc1cccc(C(=N)N)c1)NC(=O)c1ccc(N2CCCC2)cc1.O=C(O)C(F)(F)F.O=C(O)C(F)(F)F. The summed E-state index contributed by atoms with van der Waals surface area (Å²) in [5, 5.41) is 24.9. The predicted octanol–water partition coefficient (Wildman–Crippen LogP) is 5.06. The molecule has 10 nitrogen and oxygen atoms in total. The van der Waals surface area contributed by atoms with Gasteiger partial charge in [0.15, 0.2) is 0 Å². The molecule has 0 aliphatic carbocycles. The zero-order valence-electron chi connectivity index (χ0n) is 23.8. The van der Waals surface area contributed by atoms with E-state index >= 15 is 0 Å². The molecule has 6 N–H and O–H groups in total. The van der Waals surface area contributed by atoms with Crippen LogP contribution >= 0.6 is 0 Å². The van der Waals surface area contributed by atoms with Crippen LogP contribution in [0.1, 0.15) is 49.0 Å². The Morgan fingerprint density at radius 1 is 0.932 bits per heavy atom. The van der Waals surface area contributed by atoms with Crippen LogP contribution in [-0.4, -0.2) is 72.0 Å². The van der Waals surface area contributed by atoms with E-state index in [1.165, 1.54) is 18.5 Å². The molecule has 3 rings (SSSR count). The molecular formula is C28H34F6N4O6. The van der Waals surface area contributed by atoms with Gasteiger partial charge in [-0.25, -0.2) is 9.59 Å². The molecule has 44 heavy (non-hydrogen) atoms. The Kier molecular flexibility index (Phi) is 14.5. The minimum Gasteiger partial charge on any atom is -0.491 e. The van der Waals surface area contributed by atoms with Crippen LogP contribution in [-0.2, 0) is 9.59 Å². The number of aliphatic carboxylic acids is 2. The number of carboxylic acid groups (broad SMARTS) is 2. The molecule has 16 heteroatoms. The Bertz CT molecular complexity index is 1220. The maximum Gasteiger partial charge on any atom is 0.490 e. The minimum absolute atomic E-state index is 0.00450. The van der Waals surface area contributed by atoms with Crippen molar-refractivity contribution in [3.05, 3.63) is 59.7 Å². The van der Waals surface area contributed by atoms with Gasteiger partial charge in [-0.1, -0.05) is 26.0 Å². The van der Waals surface area contributed by atoms with Crippen molar-refractivity contribution in [2.75, 3.05) is 24.6 Å². The molecule has 1 aliphatic rings. The number of rotatable bonds is 9. The third kappa shape index (κ3) is 14.1. The molecule has 0 bridgehead atoms. The average molecular weight is 637 g/mol. The van der Waals surface area contributed by atoms with Gasteiger partial charge in [-0.3, -0.25) is 10.2 Å². The van der Waals surface area contributed by atoms with E-state index in [9.17, 15) is 31.1 Å². The summed E-state index contributed by atoms with van der Waals surface area (Å²) in [5.41, 5.74) is 8.01. The highest BCUT2D eigenvalue weighted by Gasteiger charge is 2.38.